The maximum Gasteiger partial charge on any atom is 0.277 e. The summed E-state index contributed by atoms with van der Waals surface area (Å²) in [5.74, 6) is 0.722. The number of amides is 1. The zero-order valence-electron chi connectivity index (χ0n) is 14.5. The van der Waals surface area contributed by atoms with Gasteiger partial charge in [0.1, 0.15) is 5.75 Å². The molecule has 1 aromatic heterocycles. The summed E-state index contributed by atoms with van der Waals surface area (Å²) in [6.45, 7) is 1.83. The van der Waals surface area contributed by atoms with Crippen molar-refractivity contribution in [3.05, 3.63) is 52.0 Å². The number of aromatic nitrogens is 2. The number of para-hydroxylation sites is 1. The van der Waals surface area contributed by atoms with Gasteiger partial charge in [-0.15, -0.1) is 10.2 Å². The molecule has 6 nitrogen and oxygen atoms in total. The van der Waals surface area contributed by atoms with Gasteiger partial charge in [-0.1, -0.05) is 53.2 Å². The van der Waals surface area contributed by atoms with E-state index in [1.54, 1.807) is 25.3 Å². The number of aryl methyl sites for hydroxylation is 1. The predicted molar refractivity (Wildman–Crippen MR) is 107 cm³/mol. The van der Waals surface area contributed by atoms with Crippen molar-refractivity contribution in [2.45, 2.75) is 12.1 Å². The lowest BCUT2D eigenvalue weighted by molar-refractivity contribution is -0.113. The Bertz CT molecular complexity index is 978. The Morgan fingerprint density at radius 3 is 2.78 bits per heavy atom. The first-order valence-corrected chi connectivity index (χ1v) is 9.58. The number of benzene rings is 2. The number of thioether (sulfide) groups is 1. The van der Waals surface area contributed by atoms with Crippen LogP contribution < -0.4 is 10.1 Å². The SMILES string of the molecule is COc1ccccc1-c1nnc(SCC(=O)Nc2c(Cl)ccc(C)c2Cl)o1. The molecule has 3 aromatic rings. The number of nitrogens with zero attached hydrogens (tertiary/aromatic N) is 2. The topological polar surface area (TPSA) is 77.2 Å². The van der Waals surface area contributed by atoms with E-state index in [9.17, 15) is 4.79 Å². The van der Waals surface area contributed by atoms with E-state index in [0.29, 0.717) is 32.9 Å². The fraction of sp³-hybridized carbons (Fsp3) is 0.167. The lowest BCUT2D eigenvalue weighted by Gasteiger charge is -2.10. The molecule has 0 spiro atoms. The number of anilines is 1. The second-order valence-corrected chi connectivity index (χ2v) is 7.18. The molecule has 0 saturated heterocycles. The summed E-state index contributed by atoms with van der Waals surface area (Å²) in [5.41, 5.74) is 1.90. The molecule has 0 saturated carbocycles. The van der Waals surface area contributed by atoms with Crippen molar-refractivity contribution in [3.63, 3.8) is 0 Å². The van der Waals surface area contributed by atoms with Crippen LogP contribution in [0.25, 0.3) is 11.5 Å². The molecule has 9 heteroatoms. The van der Waals surface area contributed by atoms with Gasteiger partial charge in [-0.2, -0.15) is 0 Å². The van der Waals surface area contributed by atoms with Crippen molar-refractivity contribution < 1.29 is 13.9 Å². The van der Waals surface area contributed by atoms with Gasteiger partial charge in [-0.25, -0.2) is 0 Å². The van der Waals surface area contributed by atoms with E-state index in [1.807, 2.05) is 25.1 Å². The normalized spacial score (nSPS) is 10.7. The minimum Gasteiger partial charge on any atom is -0.496 e. The van der Waals surface area contributed by atoms with E-state index in [1.165, 1.54) is 0 Å². The minimum absolute atomic E-state index is 0.0636. The van der Waals surface area contributed by atoms with E-state index < -0.39 is 0 Å². The Balaban J connectivity index is 1.65. The molecule has 1 amide bonds. The van der Waals surface area contributed by atoms with Crippen LogP contribution in [0.3, 0.4) is 0 Å². The highest BCUT2D eigenvalue weighted by molar-refractivity contribution is 7.99. The van der Waals surface area contributed by atoms with Crippen LogP contribution >= 0.6 is 35.0 Å². The van der Waals surface area contributed by atoms with Crippen LogP contribution in [0.1, 0.15) is 5.56 Å². The van der Waals surface area contributed by atoms with Crippen LogP contribution in [0.5, 0.6) is 5.75 Å². The van der Waals surface area contributed by atoms with E-state index >= 15 is 0 Å². The predicted octanol–water partition coefficient (Wildman–Crippen LogP) is 5.09. The van der Waals surface area contributed by atoms with Gasteiger partial charge in [0.25, 0.3) is 11.1 Å². The molecule has 0 fully saturated rings. The standard InChI is InChI=1S/C18H15Cl2N3O3S/c1-10-7-8-12(19)16(15(10)20)21-14(24)9-27-18-23-22-17(26-18)11-5-3-4-6-13(11)25-2/h3-8H,9H2,1-2H3,(H,21,24). The number of ether oxygens (including phenoxy) is 1. The number of carbonyl (C=O) groups excluding carboxylic acids is 1. The molecule has 0 bridgehead atoms. The van der Waals surface area contributed by atoms with Gasteiger partial charge in [0, 0.05) is 0 Å². The highest BCUT2D eigenvalue weighted by atomic mass is 35.5. The monoisotopic (exact) mass is 423 g/mol. The van der Waals surface area contributed by atoms with E-state index in [2.05, 4.69) is 15.5 Å². The molecule has 0 aliphatic carbocycles. The third-order valence-electron chi connectivity index (χ3n) is 3.62. The highest BCUT2D eigenvalue weighted by Crippen LogP contribution is 2.33. The zero-order valence-corrected chi connectivity index (χ0v) is 16.8. The minimum atomic E-state index is -0.286. The molecular formula is C18H15Cl2N3O3S. The molecule has 140 valence electrons. The fourth-order valence-electron chi connectivity index (χ4n) is 2.27. The molecule has 3 rings (SSSR count). The molecule has 0 atom stereocenters. The quantitative estimate of drug-likeness (QED) is 0.556. The molecule has 1 N–H and O–H groups in total. The molecular weight excluding hydrogens is 409 g/mol. The molecule has 1 heterocycles. The number of rotatable bonds is 6. The Morgan fingerprint density at radius 1 is 1.22 bits per heavy atom. The smallest absolute Gasteiger partial charge is 0.277 e. The highest BCUT2D eigenvalue weighted by Gasteiger charge is 2.16. The lowest BCUT2D eigenvalue weighted by atomic mass is 10.2. The molecule has 0 aliphatic heterocycles. The number of hydrogen-bond donors (Lipinski definition) is 1. The van der Waals surface area contributed by atoms with Crippen LogP contribution in [-0.4, -0.2) is 29.0 Å². The number of methoxy groups -OCH3 is 1. The first kappa shape index (κ1) is 19.5. The largest absolute Gasteiger partial charge is 0.496 e. The second-order valence-electron chi connectivity index (χ2n) is 5.46. The van der Waals surface area contributed by atoms with Crippen molar-refractivity contribution in [2.24, 2.45) is 0 Å². The van der Waals surface area contributed by atoms with E-state index in [-0.39, 0.29) is 16.9 Å². The summed E-state index contributed by atoms with van der Waals surface area (Å²) in [6, 6.07) is 10.8. The van der Waals surface area contributed by atoms with Crippen LogP contribution in [-0.2, 0) is 4.79 Å². The summed E-state index contributed by atoms with van der Waals surface area (Å²) in [6.07, 6.45) is 0. The first-order valence-electron chi connectivity index (χ1n) is 7.83. The number of carbonyl (C=O) groups is 1. The van der Waals surface area contributed by atoms with E-state index in [0.717, 1.165) is 17.3 Å². The number of hydrogen-bond acceptors (Lipinski definition) is 6. The molecule has 2 aromatic carbocycles. The summed E-state index contributed by atoms with van der Waals surface area (Å²) in [5, 5.41) is 11.7. The van der Waals surface area contributed by atoms with Gasteiger partial charge in [0.15, 0.2) is 0 Å². The van der Waals surface area contributed by atoms with Crippen molar-refractivity contribution in [1.29, 1.82) is 0 Å². The Kier molecular flexibility index (Phi) is 6.26. The van der Waals surface area contributed by atoms with Crippen molar-refractivity contribution in [1.82, 2.24) is 10.2 Å². The van der Waals surface area contributed by atoms with Crippen molar-refractivity contribution in [2.75, 3.05) is 18.2 Å². The molecule has 0 radical (unpaired) electrons. The van der Waals surface area contributed by atoms with Gasteiger partial charge < -0.3 is 14.5 Å². The maximum absolute atomic E-state index is 12.2. The van der Waals surface area contributed by atoms with Gasteiger partial charge >= 0.3 is 0 Å². The third-order valence-corrected chi connectivity index (χ3v) is 5.24. The van der Waals surface area contributed by atoms with Gasteiger partial charge in [0.05, 0.1) is 34.2 Å². The third kappa shape index (κ3) is 4.55. The van der Waals surface area contributed by atoms with Crippen LogP contribution in [0.4, 0.5) is 5.69 Å². The Labute approximate surface area is 170 Å². The summed E-state index contributed by atoms with van der Waals surface area (Å²) in [7, 11) is 1.57. The second kappa shape index (κ2) is 8.65. The summed E-state index contributed by atoms with van der Waals surface area (Å²) >= 11 is 13.4. The zero-order chi connectivity index (χ0) is 19.4. The summed E-state index contributed by atoms with van der Waals surface area (Å²) < 4.78 is 10.9. The average Bonchev–Trinajstić information content (AvgIpc) is 3.15. The first-order chi connectivity index (χ1) is 13.0. The van der Waals surface area contributed by atoms with Crippen molar-refractivity contribution in [3.8, 4) is 17.2 Å². The number of halogens is 2. The average molecular weight is 424 g/mol. The van der Waals surface area contributed by atoms with Crippen LogP contribution in [0, 0.1) is 6.92 Å². The van der Waals surface area contributed by atoms with Crippen molar-refractivity contribution >= 4 is 46.6 Å². The van der Waals surface area contributed by atoms with E-state index in [4.69, 9.17) is 32.4 Å². The lowest BCUT2D eigenvalue weighted by Crippen LogP contribution is -2.15. The molecule has 27 heavy (non-hydrogen) atoms. The number of nitrogens with one attached hydrogen (secondary N) is 1. The molecule has 0 unspecified atom stereocenters. The fourth-order valence-corrected chi connectivity index (χ4v) is 3.30. The van der Waals surface area contributed by atoms with Gasteiger partial charge in [-0.3, -0.25) is 4.79 Å². The Hall–Kier alpha value is -2.22. The van der Waals surface area contributed by atoms with Gasteiger partial charge in [-0.05, 0) is 30.7 Å². The Morgan fingerprint density at radius 2 is 2.00 bits per heavy atom. The van der Waals surface area contributed by atoms with Gasteiger partial charge in [0.2, 0.25) is 5.91 Å². The van der Waals surface area contributed by atoms with Crippen LogP contribution in [0.15, 0.2) is 46.0 Å². The van der Waals surface area contributed by atoms with Crippen LogP contribution in [0.2, 0.25) is 10.0 Å². The molecule has 0 aliphatic rings. The maximum atomic E-state index is 12.2. The summed E-state index contributed by atoms with van der Waals surface area (Å²) in [4.78, 5) is 12.2.